The molecular weight excluding hydrogens is 486 g/mol. The van der Waals surface area contributed by atoms with E-state index in [1.54, 1.807) is 43.1 Å². The molecule has 2 aromatic carbocycles. The Bertz CT molecular complexity index is 1280. The SMILES string of the molecule is CCOC(=O)C1=C2C(c3ccccc3)=CC(N3CCOCC3)=NN2C(c2ccc(O)cc2)C1C(=O)OCC. The van der Waals surface area contributed by atoms with Crippen LogP contribution in [0.15, 0.2) is 77.0 Å². The van der Waals surface area contributed by atoms with Gasteiger partial charge in [0.1, 0.15) is 17.5 Å². The smallest absolute Gasteiger partial charge is 0.337 e. The summed E-state index contributed by atoms with van der Waals surface area (Å²) in [5.74, 6) is -1.30. The Kier molecular flexibility index (Phi) is 7.46. The van der Waals surface area contributed by atoms with Crippen molar-refractivity contribution in [2.75, 3.05) is 39.5 Å². The Morgan fingerprint density at radius 3 is 2.34 bits per heavy atom. The molecule has 0 aromatic heterocycles. The van der Waals surface area contributed by atoms with E-state index in [0.717, 1.165) is 11.1 Å². The van der Waals surface area contributed by atoms with E-state index in [0.29, 0.717) is 43.4 Å². The lowest BCUT2D eigenvalue weighted by Gasteiger charge is -2.36. The summed E-state index contributed by atoms with van der Waals surface area (Å²) in [5.41, 5.74) is 3.08. The molecule has 0 saturated carbocycles. The maximum absolute atomic E-state index is 13.6. The van der Waals surface area contributed by atoms with Crippen molar-refractivity contribution >= 4 is 23.3 Å². The summed E-state index contributed by atoms with van der Waals surface area (Å²) in [7, 11) is 0. The molecule has 0 spiro atoms. The zero-order chi connectivity index (χ0) is 26.6. The van der Waals surface area contributed by atoms with Gasteiger partial charge in [0.2, 0.25) is 0 Å². The van der Waals surface area contributed by atoms with E-state index in [9.17, 15) is 14.7 Å². The summed E-state index contributed by atoms with van der Waals surface area (Å²) >= 11 is 0. The van der Waals surface area contributed by atoms with Gasteiger partial charge < -0.3 is 24.2 Å². The number of hydrogen-bond acceptors (Lipinski definition) is 9. The predicted octanol–water partition coefficient (Wildman–Crippen LogP) is 3.49. The fourth-order valence-electron chi connectivity index (χ4n) is 5.13. The number of phenols is 1. The molecule has 2 aromatic rings. The highest BCUT2D eigenvalue weighted by Crippen LogP contribution is 2.51. The summed E-state index contributed by atoms with van der Waals surface area (Å²) in [6.45, 7) is 6.27. The normalized spacial score (nSPS) is 21.0. The average Bonchev–Trinajstić information content (AvgIpc) is 3.30. The fraction of sp³-hybridized carbons (Fsp3) is 0.345. The molecule has 5 rings (SSSR count). The number of esters is 2. The van der Waals surface area contributed by atoms with Crippen molar-refractivity contribution in [1.29, 1.82) is 0 Å². The van der Waals surface area contributed by atoms with Crippen molar-refractivity contribution < 1.29 is 28.9 Å². The lowest BCUT2D eigenvalue weighted by Crippen LogP contribution is -2.42. The molecule has 9 nitrogen and oxygen atoms in total. The number of hydrogen-bond donors (Lipinski definition) is 1. The highest BCUT2D eigenvalue weighted by atomic mass is 16.5. The number of benzene rings is 2. The van der Waals surface area contributed by atoms with E-state index >= 15 is 0 Å². The summed E-state index contributed by atoms with van der Waals surface area (Å²) < 4.78 is 16.5. The lowest BCUT2D eigenvalue weighted by atomic mass is 9.88. The number of rotatable bonds is 6. The third-order valence-electron chi connectivity index (χ3n) is 6.80. The Morgan fingerprint density at radius 1 is 1.00 bits per heavy atom. The molecule has 0 aliphatic carbocycles. The van der Waals surface area contributed by atoms with Crippen molar-refractivity contribution in [2.45, 2.75) is 19.9 Å². The Balaban J connectivity index is 1.76. The number of nitrogens with zero attached hydrogens (tertiary/aromatic N) is 3. The van der Waals surface area contributed by atoms with Crippen molar-refractivity contribution in [3.8, 4) is 5.75 Å². The van der Waals surface area contributed by atoms with E-state index in [-0.39, 0.29) is 24.5 Å². The molecule has 2 atom stereocenters. The van der Waals surface area contributed by atoms with E-state index in [4.69, 9.17) is 19.3 Å². The van der Waals surface area contributed by atoms with Crippen LogP contribution in [0.3, 0.4) is 0 Å². The standard InChI is InChI=1S/C29H31N3O6/c1-3-37-28(34)24-25(29(35)38-4-2)27-22(19-8-6-5-7-9-19)18-23(31-14-16-36-17-15-31)30-32(27)26(24)20-10-12-21(33)13-11-20/h5-13,18,24,26,33H,3-4,14-17H2,1-2H3. The first-order chi connectivity index (χ1) is 18.5. The first-order valence-corrected chi connectivity index (χ1v) is 12.9. The van der Waals surface area contributed by atoms with Gasteiger partial charge in [-0.3, -0.25) is 9.80 Å². The molecule has 38 heavy (non-hydrogen) atoms. The van der Waals surface area contributed by atoms with Gasteiger partial charge in [0.15, 0.2) is 0 Å². The van der Waals surface area contributed by atoms with E-state index in [2.05, 4.69) is 4.90 Å². The van der Waals surface area contributed by atoms with Crippen molar-refractivity contribution in [1.82, 2.24) is 9.91 Å². The van der Waals surface area contributed by atoms with E-state index in [1.165, 1.54) is 0 Å². The van der Waals surface area contributed by atoms with Gasteiger partial charge in [-0.25, -0.2) is 4.79 Å². The second-order valence-corrected chi connectivity index (χ2v) is 9.08. The van der Waals surface area contributed by atoms with Crippen LogP contribution in [0.1, 0.15) is 31.0 Å². The molecule has 2 unspecified atom stereocenters. The molecule has 1 saturated heterocycles. The maximum atomic E-state index is 13.6. The topological polar surface area (TPSA) is 101 Å². The van der Waals surface area contributed by atoms with Crippen molar-refractivity contribution in [3.05, 3.63) is 83.1 Å². The molecule has 1 N–H and O–H groups in total. The lowest BCUT2D eigenvalue weighted by molar-refractivity contribution is -0.151. The minimum Gasteiger partial charge on any atom is -0.508 e. The number of carbonyl (C=O) groups is 2. The van der Waals surface area contributed by atoms with Gasteiger partial charge in [-0.2, -0.15) is 5.10 Å². The van der Waals surface area contributed by atoms with E-state index in [1.807, 2.05) is 36.4 Å². The highest BCUT2D eigenvalue weighted by Gasteiger charge is 2.52. The molecule has 198 valence electrons. The summed E-state index contributed by atoms with van der Waals surface area (Å²) in [6, 6.07) is 15.6. The molecule has 3 aliphatic heterocycles. The Hall–Kier alpha value is -4.11. The van der Waals surface area contributed by atoms with E-state index < -0.39 is 23.9 Å². The third-order valence-corrected chi connectivity index (χ3v) is 6.80. The second-order valence-electron chi connectivity index (χ2n) is 9.08. The van der Waals surface area contributed by atoms with Gasteiger partial charge >= 0.3 is 11.9 Å². The quantitative estimate of drug-likeness (QED) is 0.582. The Morgan fingerprint density at radius 2 is 1.68 bits per heavy atom. The van der Waals surface area contributed by atoms with Crippen LogP contribution >= 0.6 is 0 Å². The summed E-state index contributed by atoms with van der Waals surface area (Å²) in [4.78, 5) is 29.2. The minimum absolute atomic E-state index is 0.0965. The summed E-state index contributed by atoms with van der Waals surface area (Å²) in [5, 5.41) is 16.7. The van der Waals surface area contributed by atoms with Crippen molar-refractivity contribution in [3.63, 3.8) is 0 Å². The number of allylic oxidation sites excluding steroid dienone is 1. The van der Waals surface area contributed by atoms with Crippen LogP contribution in [-0.2, 0) is 23.8 Å². The first-order valence-electron chi connectivity index (χ1n) is 12.9. The highest BCUT2D eigenvalue weighted by molar-refractivity contribution is 6.08. The second kappa shape index (κ2) is 11.1. The zero-order valence-electron chi connectivity index (χ0n) is 21.5. The molecular formula is C29H31N3O6. The van der Waals surface area contributed by atoms with Crippen LogP contribution in [0.25, 0.3) is 5.57 Å². The fourth-order valence-corrected chi connectivity index (χ4v) is 5.13. The van der Waals surface area contributed by atoms with Crippen LogP contribution in [0.2, 0.25) is 0 Å². The van der Waals surface area contributed by atoms with Gasteiger partial charge in [-0.1, -0.05) is 42.5 Å². The molecule has 0 amide bonds. The number of phenolic OH excluding ortho intramolecular Hbond substituents is 1. The van der Waals surface area contributed by atoms with Gasteiger partial charge in [-0.15, -0.1) is 0 Å². The Labute approximate surface area is 221 Å². The molecule has 9 heteroatoms. The van der Waals surface area contributed by atoms with Crippen LogP contribution in [0.4, 0.5) is 0 Å². The number of carbonyl (C=O) groups excluding carboxylic acids is 2. The number of hydrazone groups is 1. The number of amidine groups is 1. The number of aromatic hydroxyl groups is 1. The van der Waals surface area contributed by atoms with Gasteiger partial charge in [0.25, 0.3) is 0 Å². The molecule has 3 heterocycles. The largest absolute Gasteiger partial charge is 0.508 e. The van der Waals surface area contributed by atoms with Gasteiger partial charge in [0.05, 0.1) is 43.7 Å². The first kappa shape index (κ1) is 25.5. The van der Waals surface area contributed by atoms with Crippen LogP contribution in [0, 0.1) is 5.92 Å². The minimum atomic E-state index is -0.992. The van der Waals surface area contributed by atoms with Crippen molar-refractivity contribution in [2.24, 2.45) is 11.0 Å². The molecule has 0 radical (unpaired) electrons. The maximum Gasteiger partial charge on any atom is 0.337 e. The van der Waals surface area contributed by atoms with Crippen LogP contribution < -0.4 is 0 Å². The van der Waals surface area contributed by atoms with Gasteiger partial charge in [-0.05, 0) is 43.2 Å². The third kappa shape index (κ3) is 4.77. The summed E-state index contributed by atoms with van der Waals surface area (Å²) in [6.07, 6.45) is 1.97. The average molecular weight is 518 g/mol. The number of morpholine rings is 1. The van der Waals surface area contributed by atoms with Gasteiger partial charge in [0, 0.05) is 18.7 Å². The number of ether oxygens (including phenoxy) is 3. The molecule has 0 bridgehead atoms. The number of fused-ring (bicyclic) bond motifs is 1. The monoisotopic (exact) mass is 517 g/mol. The molecule has 3 aliphatic rings. The molecule has 1 fully saturated rings. The van der Waals surface area contributed by atoms with Crippen LogP contribution in [0.5, 0.6) is 5.75 Å². The van der Waals surface area contributed by atoms with Crippen LogP contribution in [-0.4, -0.2) is 72.3 Å². The zero-order valence-corrected chi connectivity index (χ0v) is 21.5. The predicted molar refractivity (Wildman–Crippen MR) is 141 cm³/mol.